The molecule has 0 amide bonds. The Morgan fingerprint density at radius 2 is 2.25 bits per heavy atom. The van der Waals surface area contributed by atoms with Crippen LogP contribution in [0.5, 0.6) is 0 Å². The van der Waals surface area contributed by atoms with E-state index in [2.05, 4.69) is 29.1 Å². The Balaban J connectivity index is 1.98. The third kappa shape index (κ3) is 2.79. The summed E-state index contributed by atoms with van der Waals surface area (Å²) in [5.41, 5.74) is 1.18. The second-order valence-electron chi connectivity index (χ2n) is 4.99. The van der Waals surface area contributed by atoms with Crippen LogP contribution in [0.25, 0.3) is 0 Å². The van der Waals surface area contributed by atoms with Gasteiger partial charge in [-0.2, -0.15) is 0 Å². The summed E-state index contributed by atoms with van der Waals surface area (Å²) in [6.07, 6.45) is 9.40. The van der Waals surface area contributed by atoms with Crippen LogP contribution in [0.2, 0.25) is 0 Å². The summed E-state index contributed by atoms with van der Waals surface area (Å²) in [5, 5.41) is 3.54. The van der Waals surface area contributed by atoms with Gasteiger partial charge in [-0.05, 0) is 25.3 Å². The third-order valence-corrected chi connectivity index (χ3v) is 3.41. The summed E-state index contributed by atoms with van der Waals surface area (Å²) >= 11 is 0. The van der Waals surface area contributed by atoms with Gasteiger partial charge in [0.1, 0.15) is 0 Å². The number of hydrogen-bond donors (Lipinski definition) is 1. The monoisotopic (exact) mass is 219 g/mol. The Morgan fingerprint density at radius 3 is 2.94 bits per heavy atom. The molecule has 3 heteroatoms. The van der Waals surface area contributed by atoms with Gasteiger partial charge in [0, 0.05) is 30.6 Å². The highest BCUT2D eigenvalue weighted by atomic mass is 14.9. The molecule has 2 atom stereocenters. The molecule has 0 bridgehead atoms. The number of hydrogen-bond acceptors (Lipinski definition) is 3. The highest BCUT2D eigenvalue weighted by molar-refractivity contribution is 5.08. The lowest BCUT2D eigenvalue weighted by molar-refractivity contribution is 0.417. The van der Waals surface area contributed by atoms with Gasteiger partial charge in [-0.25, -0.2) is 0 Å². The number of nitrogens with zero attached hydrogens (tertiary/aromatic N) is 2. The van der Waals surface area contributed by atoms with Crippen LogP contribution in [-0.2, 0) is 0 Å². The predicted octanol–water partition coefficient (Wildman–Crippen LogP) is 2.36. The van der Waals surface area contributed by atoms with E-state index in [9.17, 15) is 0 Å². The molecular formula is C13H21N3. The zero-order valence-corrected chi connectivity index (χ0v) is 10.2. The van der Waals surface area contributed by atoms with E-state index in [4.69, 9.17) is 0 Å². The van der Waals surface area contributed by atoms with E-state index >= 15 is 0 Å². The largest absolute Gasteiger partial charge is 0.314 e. The maximum atomic E-state index is 4.45. The van der Waals surface area contributed by atoms with Crippen molar-refractivity contribution in [3.05, 3.63) is 24.3 Å². The van der Waals surface area contributed by atoms with Gasteiger partial charge in [0.2, 0.25) is 0 Å². The molecule has 88 valence electrons. The van der Waals surface area contributed by atoms with Gasteiger partial charge in [-0.1, -0.05) is 20.3 Å². The molecule has 3 nitrogen and oxygen atoms in total. The van der Waals surface area contributed by atoms with E-state index in [1.807, 2.05) is 6.20 Å². The van der Waals surface area contributed by atoms with Gasteiger partial charge in [0.05, 0.1) is 5.69 Å². The molecule has 0 aromatic carbocycles. The normalized spacial score (nSPS) is 25.2. The molecule has 2 rings (SSSR count). The fraction of sp³-hybridized carbons (Fsp3) is 0.692. The molecule has 0 saturated heterocycles. The van der Waals surface area contributed by atoms with Gasteiger partial charge in [0.15, 0.2) is 0 Å². The summed E-state index contributed by atoms with van der Waals surface area (Å²) < 4.78 is 0. The van der Waals surface area contributed by atoms with E-state index in [0.29, 0.717) is 12.0 Å². The standard InChI is InChI=1S/C13H21N3/c1-10(2)16-8-11-4-3-5-12(11)13-9-14-6-7-15-13/h6-7,9-12,16H,3-5,8H2,1-2H3. The fourth-order valence-electron chi connectivity index (χ4n) is 2.56. The number of aromatic nitrogens is 2. The predicted molar refractivity (Wildman–Crippen MR) is 65.3 cm³/mol. The maximum Gasteiger partial charge on any atom is 0.0620 e. The molecular weight excluding hydrogens is 198 g/mol. The van der Waals surface area contributed by atoms with E-state index in [1.165, 1.54) is 25.0 Å². The van der Waals surface area contributed by atoms with E-state index in [-0.39, 0.29) is 0 Å². The van der Waals surface area contributed by atoms with E-state index in [1.54, 1.807) is 12.4 Å². The minimum Gasteiger partial charge on any atom is -0.314 e. The third-order valence-electron chi connectivity index (χ3n) is 3.41. The van der Waals surface area contributed by atoms with Gasteiger partial charge in [-0.15, -0.1) is 0 Å². The van der Waals surface area contributed by atoms with Crippen LogP contribution in [-0.4, -0.2) is 22.6 Å². The van der Waals surface area contributed by atoms with E-state index < -0.39 is 0 Å². The molecule has 0 spiro atoms. The van der Waals surface area contributed by atoms with Gasteiger partial charge in [-0.3, -0.25) is 9.97 Å². The van der Waals surface area contributed by atoms with Crippen LogP contribution in [0.1, 0.15) is 44.7 Å². The molecule has 1 heterocycles. The van der Waals surface area contributed by atoms with Gasteiger partial charge in [0.25, 0.3) is 0 Å². The van der Waals surface area contributed by atoms with Crippen LogP contribution in [0, 0.1) is 5.92 Å². The van der Waals surface area contributed by atoms with Crippen molar-refractivity contribution in [2.24, 2.45) is 5.92 Å². The van der Waals surface area contributed by atoms with Crippen molar-refractivity contribution in [1.82, 2.24) is 15.3 Å². The summed E-state index contributed by atoms with van der Waals surface area (Å²) in [4.78, 5) is 8.62. The fourth-order valence-corrected chi connectivity index (χ4v) is 2.56. The lowest BCUT2D eigenvalue weighted by atomic mass is 9.93. The highest BCUT2D eigenvalue weighted by Crippen LogP contribution is 2.37. The number of rotatable bonds is 4. The Kier molecular flexibility index (Phi) is 3.88. The Labute approximate surface area is 97.7 Å². The lowest BCUT2D eigenvalue weighted by Crippen LogP contribution is -2.30. The summed E-state index contributed by atoms with van der Waals surface area (Å²) in [6, 6.07) is 0.572. The number of nitrogens with one attached hydrogen (secondary N) is 1. The van der Waals surface area contributed by atoms with Crippen molar-refractivity contribution < 1.29 is 0 Å². The first kappa shape index (κ1) is 11.5. The average molecular weight is 219 g/mol. The molecule has 1 fully saturated rings. The second kappa shape index (κ2) is 5.39. The van der Waals surface area contributed by atoms with E-state index in [0.717, 1.165) is 12.5 Å². The molecule has 1 N–H and O–H groups in total. The van der Waals surface area contributed by atoms with Crippen LogP contribution >= 0.6 is 0 Å². The zero-order chi connectivity index (χ0) is 11.4. The minimum atomic E-state index is 0.572. The molecule has 0 radical (unpaired) electrons. The first-order valence-electron chi connectivity index (χ1n) is 6.26. The quantitative estimate of drug-likeness (QED) is 0.844. The van der Waals surface area contributed by atoms with Gasteiger partial charge >= 0.3 is 0 Å². The molecule has 2 unspecified atom stereocenters. The highest BCUT2D eigenvalue weighted by Gasteiger charge is 2.29. The zero-order valence-electron chi connectivity index (χ0n) is 10.2. The lowest BCUT2D eigenvalue weighted by Gasteiger charge is -2.20. The van der Waals surface area contributed by atoms with Crippen molar-refractivity contribution in [2.75, 3.05) is 6.54 Å². The maximum absolute atomic E-state index is 4.45. The minimum absolute atomic E-state index is 0.572. The van der Waals surface area contributed by atoms with Crippen molar-refractivity contribution in [1.29, 1.82) is 0 Å². The van der Waals surface area contributed by atoms with Crippen LogP contribution in [0.15, 0.2) is 18.6 Å². The smallest absolute Gasteiger partial charge is 0.0620 e. The second-order valence-corrected chi connectivity index (χ2v) is 4.99. The summed E-state index contributed by atoms with van der Waals surface area (Å²) in [5.74, 6) is 1.35. The Morgan fingerprint density at radius 1 is 1.38 bits per heavy atom. The molecule has 16 heavy (non-hydrogen) atoms. The first-order chi connectivity index (χ1) is 7.77. The van der Waals surface area contributed by atoms with Crippen LogP contribution in [0.4, 0.5) is 0 Å². The Hall–Kier alpha value is -0.960. The van der Waals surface area contributed by atoms with Crippen molar-refractivity contribution in [3.8, 4) is 0 Å². The summed E-state index contributed by atoms with van der Waals surface area (Å²) in [7, 11) is 0. The SMILES string of the molecule is CC(C)NCC1CCCC1c1cnccn1. The molecule has 1 aliphatic rings. The summed E-state index contributed by atoms with van der Waals surface area (Å²) in [6.45, 7) is 5.51. The molecule has 1 aliphatic carbocycles. The Bertz CT molecular complexity index is 310. The average Bonchev–Trinajstić information content (AvgIpc) is 2.75. The van der Waals surface area contributed by atoms with Gasteiger partial charge < -0.3 is 5.32 Å². The molecule has 1 aromatic rings. The molecule has 1 saturated carbocycles. The van der Waals surface area contributed by atoms with Crippen molar-refractivity contribution >= 4 is 0 Å². The molecule has 0 aliphatic heterocycles. The van der Waals surface area contributed by atoms with Crippen molar-refractivity contribution in [2.45, 2.75) is 45.1 Å². The topological polar surface area (TPSA) is 37.8 Å². The van der Waals surface area contributed by atoms with Crippen molar-refractivity contribution in [3.63, 3.8) is 0 Å². The first-order valence-corrected chi connectivity index (χ1v) is 6.26. The van der Waals surface area contributed by atoms with Crippen LogP contribution < -0.4 is 5.32 Å². The van der Waals surface area contributed by atoms with Crippen LogP contribution in [0.3, 0.4) is 0 Å². The molecule has 1 aromatic heterocycles.